The highest BCUT2D eigenvalue weighted by atomic mass is 35.5. The zero-order valence-corrected chi connectivity index (χ0v) is 24.3. The summed E-state index contributed by atoms with van der Waals surface area (Å²) in [6, 6.07) is 27.1. The van der Waals surface area contributed by atoms with Crippen molar-refractivity contribution >= 4 is 50.5 Å². The van der Waals surface area contributed by atoms with E-state index in [0.717, 1.165) is 9.87 Å². The smallest absolute Gasteiger partial charge is 0.264 e. The fourth-order valence-corrected chi connectivity index (χ4v) is 5.62. The number of rotatable bonds is 9. The second kappa shape index (κ2) is 12.8. The van der Waals surface area contributed by atoms with Crippen molar-refractivity contribution < 1.29 is 18.0 Å². The summed E-state index contributed by atoms with van der Waals surface area (Å²) in [6.07, 6.45) is 0. The highest BCUT2D eigenvalue weighted by Crippen LogP contribution is 2.29. The van der Waals surface area contributed by atoms with E-state index in [2.05, 4.69) is 15.8 Å². The van der Waals surface area contributed by atoms with Crippen LogP contribution in [0, 0.1) is 13.8 Å². The molecule has 0 aromatic heterocycles. The number of carbonyl (C=O) groups excluding carboxylic acids is 2. The van der Waals surface area contributed by atoms with Gasteiger partial charge in [0.05, 0.1) is 16.3 Å². The Balaban J connectivity index is 1.54. The van der Waals surface area contributed by atoms with Gasteiger partial charge in [-0.05, 0) is 80.4 Å². The largest absolute Gasteiger partial charge is 0.322 e. The monoisotopic (exact) mass is 588 g/mol. The van der Waals surface area contributed by atoms with Gasteiger partial charge in [0.15, 0.2) is 0 Å². The average molecular weight is 589 g/mol. The maximum Gasteiger partial charge on any atom is 0.264 e. The van der Waals surface area contributed by atoms with Crippen LogP contribution in [0.4, 0.5) is 11.4 Å². The molecule has 0 aliphatic heterocycles. The van der Waals surface area contributed by atoms with Gasteiger partial charge in [0.25, 0.3) is 21.8 Å². The lowest BCUT2D eigenvalue weighted by Gasteiger charge is -2.25. The second-order valence-electron chi connectivity index (χ2n) is 9.39. The van der Waals surface area contributed by atoms with Gasteiger partial charge in [-0.3, -0.25) is 13.9 Å². The number of hydrogen-bond acceptors (Lipinski definition) is 5. The van der Waals surface area contributed by atoms with E-state index in [4.69, 9.17) is 11.6 Å². The molecule has 0 saturated carbocycles. The number of aryl methyl sites for hydroxylation is 2. The Kier molecular flexibility index (Phi) is 9.21. The number of benzene rings is 4. The minimum Gasteiger partial charge on any atom is -0.322 e. The van der Waals surface area contributed by atoms with E-state index >= 15 is 0 Å². The lowest BCUT2D eigenvalue weighted by molar-refractivity contribution is -0.119. The van der Waals surface area contributed by atoms with Crippen molar-refractivity contribution in [2.75, 3.05) is 16.2 Å². The molecular weight excluding hydrogens is 560 g/mol. The predicted octanol–water partition coefficient (Wildman–Crippen LogP) is 5.94. The normalized spacial score (nSPS) is 11.6. The summed E-state index contributed by atoms with van der Waals surface area (Å²) >= 11 is 6.19. The number of amides is 2. The number of sulfonamides is 1. The fraction of sp³-hybridized carbons (Fsp3) is 0.129. The van der Waals surface area contributed by atoms with Crippen molar-refractivity contribution in [3.8, 4) is 0 Å². The van der Waals surface area contributed by atoms with E-state index in [-0.39, 0.29) is 16.5 Å². The van der Waals surface area contributed by atoms with E-state index in [1.807, 2.05) is 13.0 Å². The number of hydrazone groups is 1. The molecule has 0 radical (unpaired) electrons. The van der Waals surface area contributed by atoms with Gasteiger partial charge >= 0.3 is 0 Å². The van der Waals surface area contributed by atoms with Gasteiger partial charge in [0.2, 0.25) is 0 Å². The molecule has 0 spiro atoms. The first-order valence-corrected chi connectivity index (χ1v) is 14.5. The van der Waals surface area contributed by atoms with Crippen LogP contribution in [0.2, 0.25) is 5.02 Å². The van der Waals surface area contributed by atoms with Crippen LogP contribution in [0.25, 0.3) is 0 Å². The summed E-state index contributed by atoms with van der Waals surface area (Å²) < 4.78 is 28.4. The van der Waals surface area contributed by atoms with E-state index in [0.29, 0.717) is 33.1 Å². The first-order valence-electron chi connectivity index (χ1n) is 12.7. The highest BCUT2D eigenvalue weighted by Gasteiger charge is 2.28. The van der Waals surface area contributed by atoms with Crippen LogP contribution in [0.1, 0.15) is 34.0 Å². The van der Waals surface area contributed by atoms with Crippen molar-refractivity contribution in [2.45, 2.75) is 25.7 Å². The van der Waals surface area contributed by atoms with Crippen molar-refractivity contribution in [3.63, 3.8) is 0 Å². The Morgan fingerprint density at radius 1 is 0.854 bits per heavy atom. The Bertz CT molecular complexity index is 1710. The van der Waals surface area contributed by atoms with Gasteiger partial charge in [-0.1, -0.05) is 65.7 Å². The molecule has 8 nitrogen and oxygen atoms in total. The third-order valence-corrected chi connectivity index (χ3v) is 8.27. The molecule has 210 valence electrons. The van der Waals surface area contributed by atoms with Crippen molar-refractivity contribution in [1.82, 2.24) is 5.43 Å². The van der Waals surface area contributed by atoms with Crippen LogP contribution in [0.15, 0.2) is 107 Å². The molecule has 0 unspecified atom stereocenters. The quantitative estimate of drug-likeness (QED) is 0.186. The molecule has 0 aliphatic rings. The number of nitrogens with one attached hydrogen (secondary N) is 2. The molecule has 4 aromatic rings. The van der Waals surface area contributed by atoms with Crippen molar-refractivity contribution in [1.29, 1.82) is 0 Å². The van der Waals surface area contributed by atoms with Crippen molar-refractivity contribution in [2.24, 2.45) is 5.10 Å². The lowest BCUT2D eigenvalue weighted by atomic mass is 10.1. The summed E-state index contributed by atoms with van der Waals surface area (Å²) in [5.74, 6) is -0.898. The minimum absolute atomic E-state index is 0.0457. The molecule has 2 N–H and O–H groups in total. The van der Waals surface area contributed by atoms with Gasteiger partial charge in [-0.25, -0.2) is 13.8 Å². The van der Waals surface area contributed by atoms with Crippen LogP contribution < -0.4 is 15.0 Å². The number of anilines is 2. The topological polar surface area (TPSA) is 108 Å². The molecule has 0 saturated heterocycles. The highest BCUT2D eigenvalue weighted by molar-refractivity contribution is 7.92. The zero-order chi connectivity index (χ0) is 29.6. The second-order valence-corrected chi connectivity index (χ2v) is 11.7. The first-order chi connectivity index (χ1) is 19.5. The average Bonchev–Trinajstić information content (AvgIpc) is 2.96. The van der Waals surface area contributed by atoms with Crippen LogP contribution in [0.3, 0.4) is 0 Å². The third kappa shape index (κ3) is 7.39. The number of hydrogen-bond donors (Lipinski definition) is 2. The van der Waals surface area contributed by atoms with Gasteiger partial charge in [0, 0.05) is 16.3 Å². The molecule has 41 heavy (non-hydrogen) atoms. The number of carbonyl (C=O) groups is 2. The van der Waals surface area contributed by atoms with Gasteiger partial charge < -0.3 is 5.32 Å². The Labute approximate surface area is 244 Å². The first kappa shape index (κ1) is 29.5. The molecule has 0 atom stereocenters. The fourth-order valence-electron chi connectivity index (χ4n) is 3.98. The van der Waals surface area contributed by atoms with E-state index in [1.54, 1.807) is 86.6 Å². The lowest BCUT2D eigenvalue weighted by Crippen LogP contribution is -2.40. The van der Waals surface area contributed by atoms with Crippen LogP contribution >= 0.6 is 11.6 Å². The molecule has 0 fully saturated rings. The minimum atomic E-state index is -4.11. The van der Waals surface area contributed by atoms with Gasteiger partial charge in [0.1, 0.15) is 6.54 Å². The number of nitrogens with zero attached hydrogens (tertiary/aromatic N) is 2. The summed E-state index contributed by atoms with van der Waals surface area (Å²) in [5.41, 5.74) is 6.48. The molecule has 0 aliphatic carbocycles. The van der Waals surface area contributed by atoms with Gasteiger partial charge in [-0.15, -0.1) is 0 Å². The zero-order valence-electron chi connectivity index (χ0n) is 22.8. The maximum atomic E-state index is 13.7. The van der Waals surface area contributed by atoms with Gasteiger partial charge in [-0.2, -0.15) is 5.10 Å². The molecular formula is C31H29ClN4O4S. The maximum absolute atomic E-state index is 13.7. The standard InChI is InChI=1S/C31H29ClN4O4S/c1-21-12-16-28(17-13-21)41(39,40)36(29-19-26(32)15-14-22(29)2)20-30(37)35-34-23(3)25-10-7-11-27(18-25)33-31(38)24-8-5-4-6-9-24/h4-19H,20H2,1-3H3,(H,33,38)(H,35,37)/b34-23-. The molecule has 10 heteroatoms. The predicted molar refractivity (Wildman–Crippen MR) is 163 cm³/mol. The van der Waals surface area contributed by atoms with E-state index in [9.17, 15) is 18.0 Å². The number of halogens is 1. The summed E-state index contributed by atoms with van der Waals surface area (Å²) in [6.45, 7) is 4.77. The SMILES string of the molecule is C/C(=N/NC(=O)CN(c1cc(Cl)ccc1C)S(=O)(=O)c1ccc(C)cc1)c1cccc(NC(=O)c2ccccc2)c1. The molecule has 2 amide bonds. The molecule has 0 bridgehead atoms. The molecule has 0 heterocycles. The summed E-state index contributed by atoms with van der Waals surface area (Å²) in [5, 5.41) is 7.36. The Hall–Kier alpha value is -4.47. The third-order valence-electron chi connectivity index (χ3n) is 6.26. The van der Waals surface area contributed by atoms with E-state index in [1.165, 1.54) is 18.2 Å². The van der Waals surface area contributed by atoms with Crippen LogP contribution in [0.5, 0.6) is 0 Å². The Morgan fingerprint density at radius 2 is 1.54 bits per heavy atom. The Morgan fingerprint density at radius 3 is 2.24 bits per heavy atom. The summed E-state index contributed by atoms with van der Waals surface area (Å²) in [7, 11) is -4.11. The van der Waals surface area contributed by atoms with E-state index < -0.39 is 22.5 Å². The van der Waals surface area contributed by atoms with Crippen LogP contribution in [-0.2, 0) is 14.8 Å². The van der Waals surface area contributed by atoms with Crippen LogP contribution in [-0.4, -0.2) is 32.5 Å². The molecule has 4 rings (SSSR count). The molecule has 4 aromatic carbocycles. The van der Waals surface area contributed by atoms with Crippen molar-refractivity contribution in [3.05, 3.63) is 124 Å². The summed E-state index contributed by atoms with van der Waals surface area (Å²) in [4.78, 5) is 25.6.